The standard InChI is InChI=1S/C18H20BF3N2O4S/c1-16(2)17(3,4)28-19(27-16)13-5-7-14(8-6-13)24-29(25,26)15-11-12(9-10-23-15)18(20,21)22/h5-11,24H,1-4H3. The topological polar surface area (TPSA) is 77.5 Å². The van der Waals surface area contributed by atoms with Crippen LogP contribution in [0.2, 0.25) is 0 Å². The van der Waals surface area contributed by atoms with E-state index in [0.29, 0.717) is 17.6 Å². The maximum Gasteiger partial charge on any atom is 0.494 e. The van der Waals surface area contributed by atoms with E-state index >= 15 is 0 Å². The Morgan fingerprint density at radius 2 is 1.55 bits per heavy atom. The lowest BCUT2D eigenvalue weighted by molar-refractivity contribution is -0.137. The van der Waals surface area contributed by atoms with Crippen molar-refractivity contribution in [2.45, 2.75) is 50.1 Å². The molecule has 0 radical (unpaired) electrons. The van der Waals surface area contributed by atoms with Crippen LogP contribution in [-0.4, -0.2) is 31.7 Å². The van der Waals surface area contributed by atoms with E-state index in [2.05, 4.69) is 9.71 Å². The summed E-state index contributed by atoms with van der Waals surface area (Å²) in [7, 11) is -4.90. The number of benzene rings is 1. The highest BCUT2D eigenvalue weighted by molar-refractivity contribution is 7.92. The molecule has 0 bridgehead atoms. The SMILES string of the molecule is CC1(C)OB(c2ccc(NS(=O)(=O)c3cc(C(F)(F)F)ccn3)cc2)OC1(C)C. The number of hydrogen-bond acceptors (Lipinski definition) is 5. The van der Waals surface area contributed by atoms with Gasteiger partial charge in [0.2, 0.25) is 0 Å². The van der Waals surface area contributed by atoms with Crippen LogP contribution in [0.1, 0.15) is 33.3 Å². The molecule has 0 aliphatic carbocycles. The van der Waals surface area contributed by atoms with E-state index in [1.54, 1.807) is 12.1 Å². The molecule has 0 spiro atoms. The predicted molar refractivity (Wildman–Crippen MR) is 102 cm³/mol. The van der Waals surface area contributed by atoms with Crippen LogP contribution < -0.4 is 10.2 Å². The lowest BCUT2D eigenvalue weighted by Crippen LogP contribution is -2.41. The van der Waals surface area contributed by atoms with Crippen LogP contribution in [0.5, 0.6) is 0 Å². The van der Waals surface area contributed by atoms with E-state index in [-0.39, 0.29) is 5.69 Å². The number of pyridine rings is 1. The molecule has 0 saturated carbocycles. The number of aromatic nitrogens is 1. The molecule has 1 aliphatic rings. The average molecular weight is 428 g/mol. The summed E-state index contributed by atoms with van der Waals surface area (Å²) < 4.78 is 77.3. The molecule has 1 N–H and O–H groups in total. The van der Waals surface area contributed by atoms with Crippen LogP contribution in [0, 0.1) is 0 Å². The second-order valence-corrected chi connectivity index (χ2v) is 9.33. The zero-order valence-corrected chi connectivity index (χ0v) is 17.1. The highest BCUT2D eigenvalue weighted by Crippen LogP contribution is 2.36. The summed E-state index contributed by atoms with van der Waals surface area (Å²) >= 11 is 0. The first-order valence-electron chi connectivity index (χ1n) is 8.73. The van der Waals surface area contributed by atoms with Gasteiger partial charge in [0, 0.05) is 11.9 Å². The number of sulfonamides is 1. The van der Waals surface area contributed by atoms with Gasteiger partial charge in [-0.05, 0) is 57.4 Å². The third-order valence-corrected chi connectivity index (χ3v) is 6.30. The Kier molecular flexibility index (Phi) is 5.21. The van der Waals surface area contributed by atoms with E-state index in [1.807, 2.05) is 27.7 Å². The van der Waals surface area contributed by atoms with Gasteiger partial charge in [0.15, 0.2) is 5.03 Å². The maximum absolute atomic E-state index is 12.8. The van der Waals surface area contributed by atoms with E-state index in [1.165, 1.54) is 12.1 Å². The summed E-state index contributed by atoms with van der Waals surface area (Å²) in [5.41, 5.74) is -1.28. The molecule has 1 fully saturated rings. The summed E-state index contributed by atoms with van der Waals surface area (Å²) in [6, 6.07) is 7.40. The summed E-state index contributed by atoms with van der Waals surface area (Å²) in [4.78, 5) is 3.54. The Balaban J connectivity index is 1.78. The van der Waals surface area contributed by atoms with E-state index < -0.39 is 45.1 Å². The third-order valence-electron chi connectivity index (χ3n) is 5.03. The van der Waals surface area contributed by atoms with Gasteiger partial charge in [-0.25, -0.2) is 4.98 Å². The number of nitrogens with zero attached hydrogens (tertiary/aromatic N) is 1. The summed E-state index contributed by atoms with van der Waals surface area (Å²) in [5, 5.41) is -0.720. The molecule has 1 aromatic heterocycles. The minimum atomic E-state index is -4.67. The first-order valence-corrected chi connectivity index (χ1v) is 10.2. The van der Waals surface area contributed by atoms with Gasteiger partial charge in [0.1, 0.15) is 0 Å². The Morgan fingerprint density at radius 3 is 2.07 bits per heavy atom. The zero-order valence-electron chi connectivity index (χ0n) is 16.2. The number of alkyl halides is 3. The maximum atomic E-state index is 12.8. The van der Waals surface area contributed by atoms with Gasteiger partial charge in [-0.1, -0.05) is 12.1 Å². The number of anilines is 1. The molecule has 156 valence electrons. The highest BCUT2D eigenvalue weighted by atomic mass is 32.2. The molecule has 2 aromatic rings. The first-order chi connectivity index (χ1) is 13.2. The van der Waals surface area contributed by atoms with Crippen molar-refractivity contribution in [3.05, 3.63) is 48.2 Å². The fraction of sp³-hybridized carbons (Fsp3) is 0.389. The van der Waals surface area contributed by atoms with Crippen molar-refractivity contribution in [2.75, 3.05) is 4.72 Å². The fourth-order valence-corrected chi connectivity index (χ4v) is 3.66. The minimum absolute atomic E-state index is 0.171. The molecule has 0 amide bonds. The Morgan fingerprint density at radius 1 is 1.00 bits per heavy atom. The molecule has 11 heteroatoms. The fourth-order valence-electron chi connectivity index (χ4n) is 2.63. The van der Waals surface area contributed by atoms with Crippen molar-refractivity contribution in [3.8, 4) is 0 Å². The predicted octanol–water partition coefficient (Wildman–Crippen LogP) is 3.20. The van der Waals surface area contributed by atoms with Gasteiger partial charge in [-0.2, -0.15) is 21.6 Å². The molecular formula is C18H20BF3N2O4S. The van der Waals surface area contributed by atoms with Gasteiger partial charge in [-0.3, -0.25) is 4.72 Å². The smallest absolute Gasteiger partial charge is 0.399 e. The molecule has 0 atom stereocenters. The second-order valence-electron chi connectivity index (χ2n) is 7.70. The quantitative estimate of drug-likeness (QED) is 0.757. The number of halogens is 3. The summed E-state index contributed by atoms with van der Waals surface area (Å²) in [5.74, 6) is 0. The highest BCUT2D eigenvalue weighted by Gasteiger charge is 2.51. The Labute approximate surface area is 167 Å². The van der Waals surface area contributed by atoms with Crippen LogP contribution in [0.3, 0.4) is 0 Å². The van der Waals surface area contributed by atoms with Crippen LogP contribution in [-0.2, 0) is 25.5 Å². The molecule has 3 rings (SSSR count). The van der Waals surface area contributed by atoms with Gasteiger partial charge in [0.25, 0.3) is 10.0 Å². The number of nitrogens with one attached hydrogen (secondary N) is 1. The molecule has 1 aromatic carbocycles. The normalized spacial score (nSPS) is 18.7. The largest absolute Gasteiger partial charge is 0.494 e. The van der Waals surface area contributed by atoms with Crippen molar-refractivity contribution in [1.82, 2.24) is 4.98 Å². The minimum Gasteiger partial charge on any atom is -0.399 e. The Hall–Kier alpha value is -2.11. The number of hydrogen-bond donors (Lipinski definition) is 1. The monoisotopic (exact) mass is 428 g/mol. The van der Waals surface area contributed by atoms with Crippen LogP contribution in [0.25, 0.3) is 0 Å². The zero-order chi connectivity index (χ0) is 21.7. The second kappa shape index (κ2) is 7.00. The van der Waals surface area contributed by atoms with Crippen molar-refractivity contribution in [3.63, 3.8) is 0 Å². The molecule has 0 unspecified atom stereocenters. The lowest BCUT2D eigenvalue weighted by atomic mass is 9.79. The molecule has 2 heterocycles. The third kappa shape index (κ3) is 4.41. The molecular weight excluding hydrogens is 408 g/mol. The van der Waals surface area contributed by atoms with Crippen LogP contribution >= 0.6 is 0 Å². The molecule has 29 heavy (non-hydrogen) atoms. The van der Waals surface area contributed by atoms with Gasteiger partial charge in [0.05, 0.1) is 16.8 Å². The van der Waals surface area contributed by atoms with Crippen molar-refractivity contribution >= 4 is 28.3 Å². The molecule has 1 aliphatic heterocycles. The molecule has 1 saturated heterocycles. The average Bonchev–Trinajstić information content (AvgIpc) is 2.82. The first kappa shape index (κ1) is 21.6. The van der Waals surface area contributed by atoms with Crippen LogP contribution in [0.4, 0.5) is 18.9 Å². The number of rotatable bonds is 4. The Bertz CT molecular complexity index is 993. The van der Waals surface area contributed by atoms with Crippen molar-refractivity contribution < 1.29 is 30.9 Å². The summed E-state index contributed by atoms with van der Waals surface area (Å²) in [6.45, 7) is 7.66. The molecule has 6 nitrogen and oxygen atoms in total. The van der Waals surface area contributed by atoms with E-state index in [4.69, 9.17) is 9.31 Å². The van der Waals surface area contributed by atoms with E-state index in [0.717, 1.165) is 6.20 Å². The van der Waals surface area contributed by atoms with Gasteiger partial charge >= 0.3 is 13.3 Å². The summed E-state index contributed by atoms with van der Waals surface area (Å²) in [6.07, 6.45) is -3.86. The lowest BCUT2D eigenvalue weighted by Gasteiger charge is -2.32. The van der Waals surface area contributed by atoms with Crippen LogP contribution in [0.15, 0.2) is 47.6 Å². The van der Waals surface area contributed by atoms with Crippen molar-refractivity contribution in [1.29, 1.82) is 0 Å². The van der Waals surface area contributed by atoms with Gasteiger partial charge < -0.3 is 9.31 Å². The van der Waals surface area contributed by atoms with E-state index in [9.17, 15) is 21.6 Å². The van der Waals surface area contributed by atoms with Gasteiger partial charge in [-0.15, -0.1) is 0 Å². The van der Waals surface area contributed by atoms with Crippen molar-refractivity contribution in [2.24, 2.45) is 0 Å².